The first-order chi connectivity index (χ1) is 9.21. The molecule has 2 aromatic rings. The van der Waals surface area contributed by atoms with E-state index in [0.29, 0.717) is 6.54 Å². The zero-order chi connectivity index (χ0) is 13.3. The zero-order valence-corrected chi connectivity index (χ0v) is 11.4. The van der Waals surface area contributed by atoms with Crippen LogP contribution in [-0.2, 0) is 4.79 Å². The van der Waals surface area contributed by atoms with Crippen molar-refractivity contribution in [2.75, 3.05) is 11.9 Å². The van der Waals surface area contributed by atoms with Crippen LogP contribution in [0.4, 0.5) is 5.00 Å². The molecule has 1 aromatic heterocycles. The van der Waals surface area contributed by atoms with Crippen molar-refractivity contribution in [3.05, 3.63) is 24.3 Å². The molecule has 4 nitrogen and oxygen atoms in total. The maximum absolute atomic E-state index is 11.5. The number of benzene rings is 1. The summed E-state index contributed by atoms with van der Waals surface area (Å²) < 4.78 is 4.36. The Morgan fingerprint density at radius 3 is 2.84 bits per heavy atom. The summed E-state index contributed by atoms with van der Waals surface area (Å²) in [6.45, 7) is 0.495. The highest BCUT2D eigenvalue weighted by Gasteiger charge is 2.41. The van der Waals surface area contributed by atoms with Gasteiger partial charge in [-0.3, -0.25) is 4.79 Å². The largest absolute Gasteiger partial charge is 0.481 e. The van der Waals surface area contributed by atoms with Crippen LogP contribution < -0.4 is 5.32 Å². The first-order valence-electron chi connectivity index (χ1n) is 6.53. The van der Waals surface area contributed by atoms with Crippen molar-refractivity contribution in [1.82, 2.24) is 4.37 Å². The fourth-order valence-corrected chi connectivity index (χ4v) is 3.54. The number of aliphatic carboxylic acids is 1. The van der Waals surface area contributed by atoms with Crippen LogP contribution in [0.5, 0.6) is 0 Å². The number of hydrogen-bond donors (Lipinski definition) is 2. The highest BCUT2D eigenvalue weighted by atomic mass is 32.1. The Morgan fingerprint density at radius 2 is 2.11 bits per heavy atom. The lowest BCUT2D eigenvalue weighted by molar-refractivity contribution is -0.147. The van der Waals surface area contributed by atoms with Gasteiger partial charge in [0.05, 0.1) is 10.9 Å². The molecule has 0 saturated heterocycles. The van der Waals surface area contributed by atoms with Crippen molar-refractivity contribution in [3.63, 3.8) is 0 Å². The number of carboxylic acids is 1. The zero-order valence-electron chi connectivity index (χ0n) is 10.6. The molecule has 0 radical (unpaired) electrons. The van der Waals surface area contributed by atoms with E-state index in [1.165, 1.54) is 11.5 Å². The topological polar surface area (TPSA) is 62.2 Å². The van der Waals surface area contributed by atoms with E-state index in [1.807, 2.05) is 24.3 Å². The molecule has 0 spiro atoms. The lowest BCUT2D eigenvalue weighted by Gasteiger charge is -2.24. The summed E-state index contributed by atoms with van der Waals surface area (Å²) in [5.41, 5.74) is 0.372. The van der Waals surface area contributed by atoms with Crippen LogP contribution in [0.25, 0.3) is 10.9 Å². The van der Waals surface area contributed by atoms with Gasteiger partial charge in [0.2, 0.25) is 0 Å². The van der Waals surface area contributed by atoms with Crippen molar-refractivity contribution in [2.24, 2.45) is 5.41 Å². The summed E-state index contributed by atoms with van der Waals surface area (Å²) in [6.07, 6.45) is 3.56. The van der Waals surface area contributed by atoms with Gasteiger partial charge in [0, 0.05) is 11.9 Å². The SMILES string of the molecule is O=C(O)C1(CNc2snc3ccccc23)CCCC1. The molecule has 5 heteroatoms. The molecule has 0 atom stereocenters. The van der Waals surface area contributed by atoms with E-state index in [0.717, 1.165) is 41.6 Å². The highest BCUT2D eigenvalue weighted by Crippen LogP contribution is 2.39. The molecule has 100 valence electrons. The van der Waals surface area contributed by atoms with Crippen LogP contribution >= 0.6 is 11.5 Å². The molecule has 1 saturated carbocycles. The number of anilines is 1. The van der Waals surface area contributed by atoms with Gasteiger partial charge in [0.1, 0.15) is 5.00 Å². The van der Waals surface area contributed by atoms with E-state index >= 15 is 0 Å². The Morgan fingerprint density at radius 1 is 1.37 bits per heavy atom. The van der Waals surface area contributed by atoms with Crippen LogP contribution in [0, 0.1) is 5.41 Å². The summed E-state index contributed by atoms with van der Waals surface area (Å²) in [7, 11) is 0. The predicted octanol–water partition coefficient (Wildman–Crippen LogP) is 3.35. The van der Waals surface area contributed by atoms with E-state index < -0.39 is 11.4 Å². The van der Waals surface area contributed by atoms with Crippen molar-refractivity contribution >= 4 is 33.4 Å². The fourth-order valence-electron chi connectivity index (χ4n) is 2.78. The lowest BCUT2D eigenvalue weighted by Crippen LogP contribution is -2.35. The lowest BCUT2D eigenvalue weighted by atomic mass is 9.86. The molecule has 1 aliphatic carbocycles. The average Bonchev–Trinajstić information content (AvgIpc) is 3.04. The monoisotopic (exact) mass is 276 g/mol. The standard InChI is InChI=1S/C14H16N2O2S/c17-13(18)14(7-3-4-8-14)9-15-12-10-5-1-2-6-11(10)16-19-12/h1-2,5-6,15H,3-4,7-9H2,(H,17,18). The van der Waals surface area contributed by atoms with Gasteiger partial charge in [-0.25, -0.2) is 0 Å². The maximum Gasteiger partial charge on any atom is 0.311 e. The second-order valence-corrected chi connectivity index (χ2v) is 5.95. The minimum Gasteiger partial charge on any atom is -0.481 e. The molecule has 2 N–H and O–H groups in total. The Bertz CT molecular complexity index is 602. The summed E-state index contributed by atoms with van der Waals surface area (Å²) >= 11 is 1.40. The number of fused-ring (bicyclic) bond motifs is 1. The van der Waals surface area contributed by atoms with Gasteiger partial charge in [0.25, 0.3) is 0 Å². The number of carboxylic acid groups (broad SMARTS) is 1. The number of aromatic nitrogens is 1. The number of nitrogens with zero attached hydrogens (tertiary/aromatic N) is 1. The molecule has 0 unspecified atom stereocenters. The minimum atomic E-state index is -0.675. The quantitative estimate of drug-likeness (QED) is 0.899. The molecule has 0 aliphatic heterocycles. The van der Waals surface area contributed by atoms with Gasteiger partial charge in [-0.2, -0.15) is 4.37 Å². The molecule has 0 amide bonds. The minimum absolute atomic E-state index is 0.495. The smallest absolute Gasteiger partial charge is 0.311 e. The molecule has 3 rings (SSSR count). The molecular formula is C14H16N2O2S. The second-order valence-electron chi connectivity index (χ2n) is 5.17. The van der Waals surface area contributed by atoms with Crippen molar-refractivity contribution in [1.29, 1.82) is 0 Å². The third-order valence-electron chi connectivity index (χ3n) is 3.99. The molecule has 1 aromatic carbocycles. The normalized spacial score (nSPS) is 17.7. The van der Waals surface area contributed by atoms with Crippen LogP contribution in [0.1, 0.15) is 25.7 Å². The molecule has 19 heavy (non-hydrogen) atoms. The van der Waals surface area contributed by atoms with Crippen LogP contribution in [-0.4, -0.2) is 22.0 Å². The first kappa shape index (κ1) is 12.4. The molecule has 1 aliphatic rings. The summed E-state index contributed by atoms with van der Waals surface area (Å²) in [6, 6.07) is 7.93. The van der Waals surface area contributed by atoms with Gasteiger partial charge >= 0.3 is 5.97 Å². The summed E-state index contributed by atoms with van der Waals surface area (Å²) in [4.78, 5) is 11.5. The number of nitrogens with one attached hydrogen (secondary N) is 1. The fraction of sp³-hybridized carbons (Fsp3) is 0.429. The second kappa shape index (κ2) is 4.81. The van der Waals surface area contributed by atoms with E-state index in [-0.39, 0.29) is 0 Å². The van der Waals surface area contributed by atoms with E-state index in [9.17, 15) is 9.90 Å². The average molecular weight is 276 g/mol. The van der Waals surface area contributed by atoms with E-state index in [1.54, 1.807) is 0 Å². The first-order valence-corrected chi connectivity index (χ1v) is 7.30. The van der Waals surface area contributed by atoms with Gasteiger partial charge in [-0.1, -0.05) is 25.0 Å². The van der Waals surface area contributed by atoms with Crippen LogP contribution in [0.2, 0.25) is 0 Å². The molecule has 0 bridgehead atoms. The summed E-state index contributed by atoms with van der Waals surface area (Å²) in [5, 5.41) is 14.8. The third-order valence-corrected chi connectivity index (χ3v) is 4.82. The Kier molecular flexibility index (Phi) is 3.14. The van der Waals surface area contributed by atoms with Gasteiger partial charge in [-0.05, 0) is 36.5 Å². The summed E-state index contributed by atoms with van der Waals surface area (Å²) in [5.74, 6) is -0.675. The number of hydrogen-bond acceptors (Lipinski definition) is 4. The van der Waals surface area contributed by atoms with Crippen LogP contribution in [0.3, 0.4) is 0 Å². The van der Waals surface area contributed by atoms with Gasteiger partial charge < -0.3 is 10.4 Å². The molecule has 1 fully saturated rings. The Hall–Kier alpha value is -1.62. The number of rotatable bonds is 4. The Balaban J connectivity index is 1.80. The van der Waals surface area contributed by atoms with E-state index in [2.05, 4.69) is 9.69 Å². The Labute approximate surface area is 115 Å². The van der Waals surface area contributed by atoms with Crippen molar-refractivity contribution < 1.29 is 9.90 Å². The third kappa shape index (κ3) is 2.18. The maximum atomic E-state index is 11.5. The van der Waals surface area contributed by atoms with Crippen molar-refractivity contribution in [3.8, 4) is 0 Å². The van der Waals surface area contributed by atoms with Gasteiger partial charge in [-0.15, -0.1) is 0 Å². The van der Waals surface area contributed by atoms with Crippen molar-refractivity contribution in [2.45, 2.75) is 25.7 Å². The van der Waals surface area contributed by atoms with Crippen LogP contribution in [0.15, 0.2) is 24.3 Å². The molecular weight excluding hydrogens is 260 g/mol. The van der Waals surface area contributed by atoms with Gasteiger partial charge in [0.15, 0.2) is 0 Å². The van der Waals surface area contributed by atoms with E-state index in [4.69, 9.17) is 0 Å². The number of carbonyl (C=O) groups is 1. The predicted molar refractivity (Wildman–Crippen MR) is 76.6 cm³/mol. The highest BCUT2D eigenvalue weighted by molar-refractivity contribution is 7.11. The molecule has 1 heterocycles.